The van der Waals surface area contributed by atoms with Crippen molar-refractivity contribution in [1.82, 2.24) is 4.98 Å². The molecule has 0 saturated heterocycles. The molecule has 1 N–H and O–H groups in total. The molecule has 1 heterocycles. The lowest BCUT2D eigenvalue weighted by Gasteiger charge is -2.22. The topological polar surface area (TPSA) is 33.1 Å². The Hall–Kier alpha value is -0.0600. The van der Waals surface area contributed by atoms with E-state index in [0.717, 1.165) is 21.0 Å². The zero-order valence-corrected chi connectivity index (χ0v) is 12.9. The van der Waals surface area contributed by atoms with Crippen molar-refractivity contribution in [2.24, 2.45) is 0 Å². The second-order valence-electron chi connectivity index (χ2n) is 4.96. The minimum Gasteiger partial charge on any atom is -0.392 e. The van der Waals surface area contributed by atoms with Crippen LogP contribution in [0.25, 0.3) is 0 Å². The van der Waals surface area contributed by atoms with E-state index in [0.29, 0.717) is 6.42 Å². The van der Waals surface area contributed by atoms with Gasteiger partial charge in [-0.3, -0.25) is 4.98 Å². The molecular formula is C14H20BrNOS. The molecule has 0 amide bonds. The Morgan fingerprint density at radius 1 is 1.33 bits per heavy atom. The average molecular weight is 330 g/mol. The fourth-order valence-electron chi connectivity index (χ4n) is 2.38. The highest BCUT2D eigenvalue weighted by Gasteiger charge is 2.15. The third-order valence-corrected chi connectivity index (χ3v) is 5.26. The van der Waals surface area contributed by atoms with E-state index < -0.39 is 0 Å². The summed E-state index contributed by atoms with van der Waals surface area (Å²) in [5, 5.41) is 10.8. The van der Waals surface area contributed by atoms with Crippen LogP contribution in [0.4, 0.5) is 0 Å². The van der Waals surface area contributed by atoms with Crippen LogP contribution >= 0.6 is 27.7 Å². The van der Waals surface area contributed by atoms with Gasteiger partial charge in [0.2, 0.25) is 0 Å². The van der Waals surface area contributed by atoms with E-state index in [9.17, 15) is 5.11 Å². The van der Waals surface area contributed by atoms with Gasteiger partial charge in [0.1, 0.15) is 0 Å². The minimum absolute atomic E-state index is 0.256. The van der Waals surface area contributed by atoms with Crippen molar-refractivity contribution in [2.45, 2.75) is 49.9 Å². The van der Waals surface area contributed by atoms with Gasteiger partial charge in [-0.2, -0.15) is 11.8 Å². The SMILES string of the molecule is OC(CSC1CCCCC1)Cc1cncc(Br)c1. The number of rotatable bonds is 5. The Kier molecular flexibility index (Phi) is 5.99. The Labute approximate surface area is 122 Å². The fourth-order valence-corrected chi connectivity index (χ4v) is 4.07. The van der Waals surface area contributed by atoms with Crippen molar-refractivity contribution in [1.29, 1.82) is 0 Å². The van der Waals surface area contributed by atoms with Gasteiger partial charge in [0.25, 0.3) is 0 Å². The number of halogens is 1. The molecule has 1 aromatic heterocycles. The molecule has 1 aliphatic carbocycles. The van der Waals surface area contributed by atoms with Crippen LogP contribution in [0, 0.1) is 0 Å². The first kappa shape index (κ1) is 14.4. The summed E-state index contributed by atoms with van der Waals surface area (Å²) < 4.78 is 0.979. The molecule has 1 atom stereocenters. The smallest absolute Gasteiger partial charge is 0.0671 e. The fraction of sp³-hybridized carbons (Fsp3) is 0.643. The van der Waals surface area contributed by atoms with Crippen LogP contribution in [0.2, 0.25) is 0 Å². The molecule has 2 rings (SSSR count). The van der Waals surface area contributed by atoms with E-state index in [4.69, 9.17) is 0 Å². The summed E-state index contributed by atoms with van der Waals surface area (Å²) in [5.74, 6) is 0.844. The number of nitrogens with zero attached hydrogens (tertiary/aromatic N) is 1. The van der Waals surface area contributed by atoms with Gasteiger partial charge in [-0.05, 0) is 40.4 Å². The van der Waals surface area contributed by atoms with Gasteiger partial charge in [-0.1, -0.05) is 19.3 Å². The second-order valence-corrected chi connectivity index (χ2v) is 7.21. The number of hydrogen-bond donors (Lipinski definition) is 1. The zero-order chi connectivity index (χ0) is 12.8. The first-order valence-corrected chi connectivity index (χ1v) is 8.47. The maximum atomic E-state index is 10.1. The van der Waals surface area contributed by atoms with Crippen molar-refractivity contribution < 1.29 is 5.11 Å². The second kappa shape index (κ2) is 7.51. The normalized spacial score (nSPS) is 18.8. The van der Waals surface area contributed by atoms with Gasteiger partial charge in [0, 0.05) is 34.3 Å². The summed E-state index contributed by atoms with van der Waals surface area (Å²) >= 11 is 5.35. The summed E-state index contributed by atoms with van der Waals surface area (Å²) in [6.07, 6.45) is 10.8. The molecular weight excluding hydrogens is 310 g/mol. The average Bonchev–Trinajstić information content (AvgIpc) is 2.38. The van der Waals surface area contributed by atoms with E-state index in [1.54, 1.807) is 6.20 Å². The molecule has 0 aromatic carbocycles. The number of thioether (sulfide) groups is 1. The van der Waals surface area contributed by atoms with E-state index >= 15 is 0 Å². The summed E-state index contributed by atoms with van der Waals surface area (Å²) in [7, 11) is 0. The monoisotopic (exact) mass is 329 g/mol. The number of aliphatic hydroxyl groups excluding tert-OH is 1. The van der Waals surface area contributed by atoms with Gasteiger partial charge in [-0.15, -0.1) is 0 Å². The van der Waals surface area contributed by atoms with Crippen molar-refractivity contribution in [3.8, 4) is 0 Å². The van der Waals surface area contributed by atoms with Gasteiger partial charge < -0.3 is 5.11 Å². The molecule has 0 aliphatic heterocycles. The van der Waals surface area contributed by atoms with Crippen LogP contribution in [-0.4, -0.2) is 27.2 Å². The number of aliphatic hydroxyl groups is 1. The maximum absolute atomic E-state index is 10.1. The Balaban J connectivity index is 1.72. The molecule has 4 heteroatoms. The zero-order valence-electron chi connectivity index (χ0n) is 10.5. The molecule has 1 aliphatic rings. The summed E-state index contributed by atoms with van der Waals surface area (Å²) in [5.41, 5.74) is 1.10. The number of aromatic nitrogens is 1. The van der Waals surface area contributed by atoms with E-state index in [1.807, 2.05) is 24.0 Å². The van der Waals surface area contributed by atoms with Crippen LogP contribution in [0.5, 0.6) is 0 Å². The minimum atomic E-state index is -0.256. The maximum Gasteiger partial charge on any atom is 0.0671 e. The van der Waals surface area contributed by atoms with Crippen molar-refractivity contribution in [3.63, 3.8) is 0 Å². The molecule has 1 fully saturated rings. The third kappa shape index (κ3) is 4.90. The van der Waals surface area contributed by atoms with Gasteiger partial charge in [0.15, 0.2) is 0 Å². The molecule has 1 aromatic rings. The van der Waals surface area contributed by atoms with E-state index in [2.05, 4.69) is 20.9 Å². The Bertz CT molecular complexity index is 369. The first-order valence-electron chi connectivity index (χ1n) is 6.63. The summed E-state index contributed by atoms with van der Waals surface area (Å²) in [6, 6.07) is 2.03. The lowest BCUT2D eigenvalue weighted by atomic mass is 10.0. The third-order valence-electron chi connectivity index (χ3n) is 3.31. The van der Waals surface area contributed by atoms with Crippen LogP contribution in [0.3, 0.4) is 0 Å². The molecule has 18 heavy (non-hydrogen) atoms. The molecule has 100 valence electrons. The highest BCUT2D eigenvalue weighted by atomic mass is 79.9. The quantitative estimate of drug-likeness (QED) is 0.891. The molecule has 1 unspecified atom stereocenters. The predicted molar refractivity (Wildman–Crippen MR) is 81.0 cm³/mol. The van der Waals surface area contributed by atoms with Gasteiger partial charge in [-0.25, -0.2) is 0 Å². The first-order chi connectivity index (χ1) is 8.74. The Morgan fingerprint density at radius 2 is 2.11 bits per heavy atom. The molecule has 1 saturated carbocycles. The lowest BCUT2D eigenvalue weighted by Crippen LogP contribution is -2.17. The van der Waals surface area contributed by atoms with E-state index in [1.165, 1.54) is 32.1 Å². The van der Waals surface area contributed by atoms with Crippen LogP contribution in [0.1, 0.15) is 37.7 Å². The van der Waals surface area contributed by atoms with Crippen LogP contribution in [-0.2, 0) is 6.42 Å². The molecule has 0 radical (unpaired) electrons. The van der Waals surface area contributed by atoms with E-state index in [-0.39, 0.29) is 6.10 Å². The predicted octanol–water partition coefficient (Wildman–Crippen LogP) is 3.81. The van der Waals surface area contributed by atoms with Crippen molar-refractivity contribution in [2.75, 3.05) is 5.75 Å². The molecule has 0 spiro atoms. The standard InChI is InChI=1S/C14H20BrNOS/c15-12-6-11(8-16-9-12)7-13(17)10-18-14-4-2-1-3-5-14/h6,8-9,13-14,17H,1-5,7,10H2. The van der Waals surface area contributed by atoms with Gasteiger partial charge in [0.05, 0.1) is 6.10 Å². The van der Waals surface area contributed by atoms with Crippen LogP contribution in [0.15, 0.2) is 22.9 Å². The highest BCUT2D eigenvalue weighted by molar-refractivity contribution is 9.10. The summed E-state index contributed by atoms with van der Waals surface area (Å²) in [6.45, 7) is 0. The Morgan fingerprint density at radius 3 is 2.83 bits per heavy atom. The summed E-state index contributed by atoms with van der Waals surface area (Å²) in [4.78, 5) is 4.12. The largest absolute Gasteiger partial charge is 0.392 e. The number of pyridine rings is 1. The van der Waals surface area contributed by atoms with Gasteiger partial charge >= 0.3 is 0 Å². The molecule has 2 nitrogen and oxygen atoms in total. The highest BCUT2D eigenvalue weighted by Crippen LogP contribution is 2.28. The van der Waals surface area contributed by atoms with Crippen LogP contribution < -0.4 is 0 Å². The number of hydrogen-bond acceptors (Lipinski definition) is 3. The lowest BCUT2D eigenvalue weighted by molar-refractivity contribution is 0.200. The van der Waals surface area contributed by atoms with Crippen molar-refractivity contribution in [3.05, 3.63) is 28.5 Å². The van der Waals surface area contributed by atoms with Crippen molar-refractivity contribution >= 4 is 27.7 Å². The molecule has 0 bridgehead atoms.